The normalized spacial score (nSPS) is 18.4. The zero-order chi connectivity index (χ0) is 28.7. The lowest BCUT2D eigenvalue weighted by Crippen LogP contribution is -2.36. The molecule has 208 valence electrons. The maximum atomic E-state index is 12.8. The van der Waals surface area contributed by atoms with Crippen LogP contribution in [0.5, 0.6) is 0 Å². The molecule has 4 rings (SSSR count). The predicted octanol–water partition coefficient (Wildman–Crippen LogP) is 2.65. The molecule has 0 bridgehead atoms. The van der Waals surface area contributed by atoms with Crippen molar-refractivity contribution in [1.82, 2.24) is 19.9 Å². The molecule has 1 aliphatic rings. The second-order valence-corrected chi connectivity index (χ2v) is 8.29. The molecule has 0 radical (unpaired) electrons. The fourth-order valence-corrected chi connectivity index (χ4v) is 3.99. The molecule has 1 saturated heterocycles. The van der Waals surface area contributed by atoms with Gasteiger partial charge in [0.15, 0.2) is 0 Å². The first-order valence-electron chi connectivity index (χ1n) is 11.7. The van der Waals surface area contributed by atoms with Gasteiger partial charge >= 0.3 is 12.1 Å². The Kier molecular flexibility index (Phi) is 8.82. The summed E-state index contributed by atoms with van der Waals surface area (Å²) in [5.41, 5.74) is 9.33. The highest BCUT2D eigenvalue weighted by Crippen LogP contribution is 2.35. The third-order valence-electron chi connectivity index (χ3n) is 5.78. The van der Waals surface area contributed by atoms with Gasteiger partial charge in [-0.1, -0.05) is 35.2 Å². The zero-order valence-electron chi connectivity index (χ0n) is 20.5. The fourth-order valence-electron chi connectivity index (χ4n) is 3.99. The number of aromatic nitrogens is 3. The van der Waals surface area contributed by atoms with Gasteiger partial charge in [0, 0.05) is 23.1 Å². The smallest absolute Gasteiger partial charge is 0.394 e. The summed E-state index contributed by atoms with van der Waals surface area (Å²) in [6.07, 6.45) is -4.28. The second-order valence-electron chi connectivity index (χ2n) is 8.29. The number of carbonyl (C=O) groups excluding carboxylic acids is 2. The van der Waals surface area contributed by atoms with E-state index < -0.39 is 49.6 Å². The Morgan fingerprint density at radius 2 is 2.08 bits per heavy atom. The van der Waals surface area contributed by atoms with Crippen LogP contribution in [0.15, 0.2) is 48.0 Å². The van der Waals surface area contributed by atoms with Crippen LogP contribution in [-0.2, 0) is 14.3 Å². The van der Waals surface area contributed by atoms with Gasteiger partial charge in [0.25, 0.3) is 5.91 Å². The molecule has 2 amide bonds. The number of alkyl halides is 3. The minimum absolute atomic E-state index is 0.0779. The Labute approximate surface area is 223 Å². The fraction of sp³-hybridized carbons (Fsp3) is 0.333. The van der Waals surface area contributed by atoms with Crippen LogP contribution in [0.4, 0.5) is 19.0 Å². The topological polar surface area (TPSA) is 176 Å². The number of aliphatic hydroxyl groups is 1. The number of aliphatic hydroxyl groups excluding tert-OH is 1. The molecule has 13 nitrogen and oxygen atoms in total. The molecule has 16 heteroatoms. The molecular weight excluding hydrogens is 537 g/mol. The predicted molar refractivity (Wildman–Crippen MR) is 132 cm³/mol. The average Bonchev–Trinajstić information content (AvgIpc) is 3.52. The quantitative estimate of drug-likeness (QED) is 0.165. The van der Waals surface area contributed by atoms with Gasteiger partial charge in [-0.15, -0.1) is 0 Å². The molecule has 3 atom stereocenters. The van der Waals surface area contributed by atoms with Gasteiger partial charge in [-0.05, 0) is 17.7 Å². The number of azide groups is 1. The van der Waals surface area contributed by atoms with Crippen LogP contribution < -0.4 is 10.6 Å². The number of fused-ring (bicyclic) bond motifs is 1. The molecule has 1 aromatic carbocycles. The molecule has 40 heavy (non-hydrogen) atoms. The summed E-state index contributed by atoms with van der Waals surface area (Å²) < 4.78 is 50.5. The number of hydrogen-bond donors (Lipinski definition) is 3. The standard InChI is InChI=1S/C24H21F3N8O5/c25-24(26,27)23(38)29-8-4-7-15-10-35(18-9-16(17(11-36)40-18)39-13-32-34-28)21-19(15)20(30-12-31-21)33-22(37)14-5-2-1-3-6-14/h1-3,5-6,10,12,16-18,36H,8-9,11,13H2,(H,29,38)(H,30,31,33,37)/t16-,17-,18-/m1/s1. The summed E-state index contributed by atoms with van der Waals surface area (Å²) in [6.45, 7) is -1.28. The second kappa shape index (κ2) is 12.5. The SMILES string of the molecule is [N-]=[N+]=NCO[C@@H]1C[C@H](n2cc(C#CCNC(=O)C(F)(F)F)c3c(NC(=O)c4ccccc4)ncnc32)O[C@@H]1CO. The number of nitrogens with zero attached hydrogens (tertiary/aromatic N) is 6. The highest BCUT2D eigenvalue weighted by molar-refractivity contribution is 6.08. The first-order valence-corrected chi connectivity index (χ1v) is 11.7. The van der Waals surface area contributed by atoms with Gasteiger partial charge in [0.2, 0.25) is 0 Å². The third-order valence-corrected chi connectivity index (χ3v) is 5.78. The molecule has 3 N–H and O–H groups in total. The van der Waals surface area contributed by atoms with E-state index in [1.807, 2.05) is 0 Å². The maximum Gasteiger partial charge on any atom is 0.471 e. The minimum Gasteiger partial charge on any atom is -0.394 e. The number of benzene rings is 1. The van der Waals surface area contributed by atoms with Crippen LogP contribution in [0.3, 0.4) is 0 Å². The Hall–Kier alpha value is -4.68. The zero-order valence-corrected chi connectivity index (χ0v) is 20.5. The molecule has 0 saturated carbocycles. The van der Waals surface area contributed by atoms with Crippen LogP contribution in [-0.4, -0.2) is 69.7 Å². The number of nitrogens with one attached hydrogen (secondary N) is 2. The van der Waals surface area contributed by atoms with Crippen molar-refractivity contribution >= 4 is 28.7 Å². The summed E-state index contributed by atoms with van der Waals surface area (Å²) in [6, 6.07) is 8.31. The highest BCUT2D eigenvalue weighted by atomic mass is 19.4. The van der Waals surface area contributed by atoms with E-state index in [1.165, 1.54) is 12.5 Å². The lowest BCUT2D eigenvalue weighted by Gasteiger charge is -2.15. The van der Waals surface area contributed by atoms with Crippen LogP contribution >= 0.6 is 0 Å². The van der Waals surface area contributed by atoms with Crippen molar-refractivity contribution in [3.05, 3.63) is 64.4 Å². The first kappa shape index (κ1) is 28.3. The summed E-state index contributed by atoms with van der Waals surface area (Å²) >= 11 is 0. The molecule has 1 aliphatic heterocycles. The van der Waals surface area contributed by atoms with E-state index in [2.05, 4.69) is 37.2 Å². The number of carbonyl (C=O) groups is 2. The molecular formula is C24H21F3N8O5. The molecule has 0 spiro atoms. The van der Waals surface area contributed by atoms with Gasteiger partial charge in [0.05, 0.1) is 30.2 Å². The number of ether oxygens (including phenoxy) is 2. The Morgan fingerprint density at radius 3 is 2.77 bits per heavy atom. The highest BCUT2D eigenvalue weighted by Gasteiger charge is 2.39. The van der Waals surface area contributed by atoms with Gasteiger partial charge in [-0.25, -0.2) is 9.97 Å². The number of rotatable bonds is 8. The monoisotopic (exact) mass is 558 g/mol. The van der Waals surface area contributed by atoms with Crippen LogP contribution in [0.2, 0.25) is 0 Å². The number of amides is 2. The van der Waals surface area contributed by atoms with Crippen LogP contribution in [0, 0.1) is 11.8 Å². The summed E-state index contributed by atoms with van der Waals surface area (Å²) in [5.74, 6) is 2.62. The van der Waals surface area contributed by atoms with E-state index in [1.54, 1.807) is 40.2 Å². The van der Waals surface area contributed by atoms with Gasteiger partial charge in [-0.3, -0.25) is 9.59 Å². The lowest BCUT2D eigenvalue weighted by atomic mass is 10.2. The van der Waals surface area contributed by atoms with E-state index in [4.69, 9.17) is 15.0 Å². The van der Waals surface area contributed by atoms with Crippen LogP contribution in [0.25, 0.3) is 21.5 Å². The van der Waals surface area contributed by atoms with Gasteiger partial charge in [0.1, 0.15) is 36.9 Å². The minimum atomic E-state index is -5.05. The first-order chi connectivity index (χ1) is 19.2. The molecule has 0 unspecified atom stereocenters. The summed E-state index contributed by atoms with van der Waals surface area (Å²) in [5, 5.41) is 17.7. The van der Waals surface area contributed by atoms with E-state index in [-0.39, 0.29) is 35.6 Å². The Balaban J connectivity index is 1.69. The molecule has 2 aromatic heterocycles. The molecule has 0 aliphatic carbocycles. The third kappa shape index (κ3) is 6.47. The number of hydrogen-bond acceptors (Lipinski definition) is 8. The van der Waals surface area contributed by atoms with Crippen LogP contribution in [0.1, 0.15) is 28.6 Å². The average molecular weight is 558 g/mol. The van der Waals surface area contributed by atoms with E-state index in [9.17, 15) is 27.9 Å². The number of anilines is 1. The maximum absolute atomic E-state index is 12.8. The van der Waals surface area contributed by atoms with Crippen molar-refractivity contribution in [3.8, 4) is 11.8 Å². The van der Waals surface area contributed by atoms with E-state index in [0.29, 0.717) is 5.56 Å². The van der Waals surface area contributed by atoms with Crippen molar-refractivity contribution in [1.29, 1.82) is 0 Å². The molecule has 3 aromatic rings. The van der Waals surface area contributed by atoms with E-state index in [0.717, 1.165) is 0 Å². The van der Waals surface area contributed by atoms with Crippen molar-refractivity contribution in [2.45, 2.75) is 31.0 Å². The van der Waals surface area contributed by atoms with E-state index >= 15 is 0 Å². The van der Waals surface area contributed by atoms with Crippen molar-refractivity contribution in [2.24, 2.45) is 5.11 Å². The van der Waals surface area contributed by atoms with Gasteiger partial charge < -0.3 is 29.8 Å². The summed E-state index contributed by atoms with van der Waals surface area (Å²) in [4.78, 5) is 35.0. The van der Waals surface area contributed by atoms with Crippen molar-refractivity contribution < 1.29 is 37.3 Å². The van der Waals surface area contributed by atoms with Crippen molar-refractivity contribution in [2.75, 3.05) is 25.2 Å². The Bertz CT molecular complexity index is 1500. The van der Waals surface area contributed by atoms with Crippen molar-refractivity contribution in [3.63, 3.8) is 0 Å². The Morgan fingerprint density at radius 1 is 1.30 bits per heavy atom. The lowest BCUT2D eigenvalue weighted by molar-refractivity contribution is -0.173. The largest absolute Gasteiger partial charge is 0.471 e. The molecule has 3 heterocycles. The number of halogens is 3. The van der Waals surface area contributed by atoms with Gasteiger partial charge in [-0.2, -0.15) is 13.2 Å². The summed E-state index contributed by atoms with van der Waals surface area (Å²) in [7, 11) is 0. The molecule has 1 fully saturated rings.